The average Bonchev–Trinajstić information content (AvgIpc) is 3.37. The lowest BCUT2D eigenvalue weighted by Gasteiger charge is -2.31. The number of nitrogens with two attached hydrogens (primary N) is 1. The molecule has 0 aliphatic heterocycles. The van der Waals surface area contributed by atoms with E-state index in [9.17, 15) is 0 Å². The van der Waals surface area contributed by atoms with Crippen molar-refractivity contribution in [3.63, 3.8) is 0 Å². The van der Waals surface area contributed by atoms with E-state index in [-0.39, 0.29) is 0 Å². The lowest BCUT2D eigenvalue weighted by molar-refractivity contribution is 0.186. The van der Waals surface area contributed by atoms with E-state index in [0.29, 0.717) is 0 Å². The molecule has 38 heavy (non-hydrogen) atoms. The van der Waals surface area contributed by atoms with Gasteiger partial charge in [0.1, 0.15) is 0 Å². The first kappa shape index (κ1) is 27.9. The van der Waals surface area contributed by atoms with Crippen molar-refractivity contribution in [2.45, 2.75) is 70.5 Å². The van der Waals surface area contributed by atoms with Crippen LogP contribution in [0.5, 0.6) is 0 Å². The summed E-state index contributed by atoms with van der Waals surface area (Å²) in [4.78, 5) is 13.0. The number of fused-ring (bicyclic) bond motifs is 1. The van der Waals surface area contributed by atoms with Crippen LogP contribution in [0.15, 0.2) is 85.3 Å². The van der Waals surface area contributed by atoms with Crippen LogP contribution in [0, 0.1) is 0 Å². The Morgan fingerprint density at radius 1 is 0.842 bits per heavy atom. The van der Waals surface area contributed by atoms with Gasteiger partial charge in [-0.1, -0.05) is 68.1 Å². The summed E-state index contributed by atoms with van der Waals surface area (Å²) in [7, 11) is 2.34. The van der Waals surface area contributed by atoms with Gasteiger partial charge >= 0.3 is 0 Å². The van der Waals surface area contributed by atoms with E-state index in [2.05, 4.69) is 63.3 Å². The fraction of sp³-hybridized carbons (Fsp3) is 0.424. The van der Waals surface area contributed by atoms with Crippen LogP contribution in [0.3, 0.4) is 0 Å². The summed E-state index contributed by atoms with van der Waals surface area (Å²) in [6.45, 7) is 4.30. The molecular weight excluding hydrogens is 466 g/mol. The van der Waals surface area contributed by atoms with Crippen LogP contribution in [0.25, 0.3) is 10.9 Å². The molecule has 0 spiro atoms. The first-order chi connectivity index (χ1) is 18.7. The normalized spacial score (nSPS) is 14.1. The Labute approximate surface area is 229 Å². The summed E-state index contributed by atoms with van der Waals surface area (Å²) >= 11 is 0. The molecule has 2 heterocycles. The minimum absolute atomic E-state index is 0.822. The van der Waals surface area contributed by atoms with Gasteiger partial charge in [0.25, 0.3) is 0 Å². The van der Waals surface area contributed by atoms with Crippen molar-refractivity contribution in [3.05, 3.63) is 96.4 Å². The lowest BCUT2D eigenvalue weighted by Crippen LogP contribution is -2.34. The van der Waals surface area contributed by atoms with E-state index < -0.39 is 0 Å². The van der Waals surface area contributed by atoms with Crippen LogP contribution in [0.4, 0.5) is 5.69 Å². The Bertz CT molecular complexity index is 1170. The number of H-pyrrole nitrogens is 1. The van der Waals surface area contributed by atoms with Gasteiger partial charge in [-0.15, -0.1) is 0 Å². The molecule has 5 heteroatoms. The van der Waals surface area contributed by atoms with Crippen LogP contribution < -0.4 is 5.73 Å². The molecule has 0 bridgehead atoms. The molecule has 5 rings (SSSR count). The smallest absolute Gasteiger partial charge is 0.0457 e. The lowest BCUT2D eigenvalue weighted by atomic mass is 9.94. The summed E-state index contributed by atoms with van der Waals surface area (Å²) in [6, 6.07) is 23.2. The number of nitrogens with one attached hydrogen (secondary N) is 1. The third kappa shape index (κ3) is 9.00. The number of anilines is 1. The van der Waals surface area contributed by atoms with Gasteiger partial charge in [0.15, 0.2) is 0 Å². The standard InChI is InChI=1S/C27H38N4.C6H7N/c1-30(25-12-4-2-5-13-25)17-8-3-9-18-31(21-23-11-10-16-28-19-23)22-24-20-29-27-15-7-6-14-26(24)27;7-6-4-2-1-3-5-6/h6-7,10-11,14-16,19-20,25,29H,2-5,8-9,12-13,17-18,21-22H2,1H3;1-5H,7H2. The Kier molecular flexibility index (Phi) is 11.2. The van der Waals surface area contributed by atoms with Crippen molar-refractivity contribution < 1.29 is 0 Å². The number of pyridine rings is 1. The van der Waals surface area contributed by atoms with Gasteiger partial charge in [0.2, 0.25) is 0 Å². The molecule has 1 fully saturated rings. The van der Waals surface area contributed by atoms with Gasteiger partial charge in [-0.3, -0.25) is 9.88 Å². The Morgan fingerprint density at radius 2 is 1.61 bits per heavy atom. The molecule has 5 nitrogen and oxygen atoms in total. The molecule has 0 atom stereocenters. The number of rotatable bonds is 11. The quantitative estimate of drug-likeness (QED) is 0.164. The summed E-state index contributed by atoms with van der Waals surface area (Å²) in [6.07, 6.45) is 17.0. The minimum Gasteiger partial charge on any atom is -0.399 e. The Balaban J connectivity index is 0.000000417. The SMILES string of the molecule is CN(CCCCCN(Cc1cccnc1)Cc1c[nH]c2ccccc12)C1CCCCC1.Nc1ccccc1. The maximum absolute atomic E-state index is 5.36. The third-order valence-electron chi connectivity index (χ3n) is 7.68. The molecular formula is C33H45N5. The molecule has 1 aliphatic rings. The van der Waals surface area contributed by atoms with Crippen molar-refractivity contribution in [2.24, 2.45) is 0 Å². The fourth-order valence-electron chi connectivity index (χ4n) is 5.50. The largest absolute Gasteiger partial charge is 0.399 e. The second kappa shape index (κ2) is 15.3. The molecule has 2 aromatic carbocycles. The van der Waals surface area contributed by atoms with Crippen LogP contribution in [-0.2, 0) is 13.1 Å². The average molecular weight is 512 g/mol. The van der Waals surface area contributed by atoms with E-state index in [4.69, 9.17) is 5.73 Å². The van der Waals surface area contributed by atoms with Crippen molar-refractivity contribution in [2.75, 3.05) is 25.9 Å². The third-order valence-corrected chi connectivity index (χ3v) is 7.68. The van der Waals surface area contributed by atoms with Crippen LogP contribution in [0.2, 0.25) is 0 Å². The zero-order chi connectivity index (χ0) is 26.4. The summed E-state index contributed by atoms with van der Waals surface area (Å²) in [5.74, 6) is 0. The van der Waals surface area contributed by atoms with Crippen LogP contribution in [0.1, 0.15) is 62.5 Å². The highest BCUT2D eigenvalue weighted by atomic mass is 15.1. The second-order valence-corrected chi connectivity index (χ2v) is 10.7. The molecule has 0 saturated heterocycles. The molecule has 0 amide bonds. The van der Waals surface area contributed by atoms with E-state index in [0.717, 1.165) is 31.4 Å². The van der Waals surface area contributed by atoms with Gasteiger partial charge in [-0.25, -0.2) is 0 Å². The monoisotopic (exact) mass is 511 g/mol. The van der Waals surface area contributed by atoms with Gasteiger partial charge in [0.05, 0.1) is 0 Å². The van der Waals surface area contributed by atoms with Crippen molar-refractivity contribution in [1.82, 2.24) is 19.8 Å². The minimum atomic E-state index is 0.822. The number of aromatic amines is 1. The predicted octanol–water partition coefficient (Wildman–Crippen LogP) is 7.27. The maximum atomic E-state index is 5.36. The molecule has 4 aromatic rings. The number of aromatic nitrogens is 2. The van der Waals surface area contributed by atoms with Crippen molar-refractivity contribution in [3.8, 4) is 0 Å². The Hall–Kier alpha value is -3.15. The van der Waals surface area contributed by atoms with Crippen LogP contribution >= 0.6 is 0 Å². The molecule has 2 aromatic heterocycles. The van der Waals surface area contributed by atoms with Crippen molar-refractivity contribution in [1.29, 1.82) is 0 Å². The van der Waals surface area contributed by atoms with E-state index in [1.165, 1.54) is 79.9 Å². The fourth-order valence-corrected chi connectivity index (χ4v) is 5.50. The summed E-state index contributed by atoms with van der Waals surface area (Å²) in [5.41, 5.74) is 10.1. The topological polar surface area (TPSA) is 61.2 Å². The molecule has 0 radical (unpaired) electrons. The highest BCUT2D eigenvalue weighted by Gasteiger charge is 2.17. The zero-order valence-electron chi connectivity index (χ0n) is 23.1. The van der Waals surface area contributed by atoms with E-state index in [1.807, 2.05) is 48.8 Å². The number of hydrogen-bond acceptors (Lipinski definition) is 4. The predicted molar refractivity (Wildman–Crippen MR) is 161 cm³/mol. The van der Waals surface area contributed by atoms with E-state index >= 15 is 0 Å². The zero-order valence-corrected chi connectivity index (χ0v) is 23.1. The number of benzene rings is 2. The molecule has 3 N–H and O–H groups in total. The van der Waals surface area contributed by atoms with E-state index in [1.54, 1.807) is 0 Å². The van der Waals surface area contributed by atoms with Gasteiger partial charge in [-0.2, -0.15) is 0 Å². The number of para-hydroxylation sites is 2. The van der Waals surface area contributed by atoms with Crippen molar-refractivity contribution >= 4 is 16.6 Å². The number of nitrogens with zero attached hydrogens (tertiary/aromatic N) is 3. The number of unbranched alkanes of at least 4 members (excludes halogenated alkanes) is 2. The van der Waals surface area contributed by atoms with Gasteiger partial charge < -0.3 is 15.6 Å². The van der Waals surface area contributed by atoms with Gasteiger partial charge in [0, 0.05) is 54.3 Å². The molecule has 0 unspecified atom stereocenters. The molecule has 1 saturated carbocycles. The maximum Gasteiger partial charge on any atom is 0.0457 e. The molecule has 1 aliphatic carbocycles. The van der Waals surface area contributed by atoms with Gasteiger partial charge in [-0.05, 0) is 81.2 Å². The van der Waals surface area contributed by atoms with Crippen LogP contribution in [-0.4, -0.2) is 45.9 Å². The first-order valence-electron chi connectivity index (χ1n) is 14.4. The summed E-state index contributed by atoms with van der Waals surface area (Å²) in [5, 5.41) is 1.34. The Morgan fingerprint density at radius 3 is 2.34 bits per heavy atom. The highest BCUT2D eigenvalue weighted by Crippen LogP contribution is 2.23. The first-order valence-corrected chi connectivity index (χ1v) is 14.4. The second-order valence-electron chi connectivity index (χ2n) is 10.7. The molecule has 202 valence electrons. The number of hydrogen-bond donors (Lipinski definition) is 2. The number of nitrogen functional groups attached to an aromatic ring is 1. The summed E-state index contributed by atoms with van der Waals surface area (Å²) < 4.78 is 0. The highest BCUT2D eigenvalue weighted by molar-refractivity contribution is 5.82.